The molecule has 0 saturated carbocycles. The molecule has 0 aliphatic heterocycles. The Balaban J connectivity index is 2.31. The molecule has 0 atom stereocenters. The number of hydrogen-bond donors (Lipinski definition) is 0. The van der Waals surface area contributed by atoms with Crippen LogP contribution in [0, 0.1) is 6.92 Å². The second-order valence-corrected chi connectivity index (χ2v) is 4.23. The van der Waals surface area contributed by atoms with Crippen molar-refractivity contribution in [3.05, 3.63) is 30.1 Å². The zero-order valence-electron chi connectivity index (χ0n) is 9.57. The molecule has 0 spiro atoms. The van der Waals surface area contributed by atoms with E-state index in [4.69, 9.17) is 0 Å². The Hall–Kier alpha value is -1.35. The van der Waals surface area contributed by atoms with E-state index in [1.54, 1.807) is 0 Å². The lowest BCUT2D eigenvalue weighted by atomic mass is 10.2. The molecule has 2 rings (SSSR count). The molecule has 0 aliphatic carbocycles. The second kappa shape index (κ2) is 4.03. The van der Waals surface area contributed by atoms with Gasteiger partial charge in [0.2, 0.25) is 0 Å². The number of likely N-dealkylation sites (N-methyl/N-ethyl adjacent to an activating group) is 1. The van der Waals surface area contributed by atoms with E-state index in [-0.39, 0.29) is 0 Å². The molecule has 0 amide bonds. The van der Waals surface area contributed by atoms with Crippen LogP contribution >= 0.6 is 0 Å². The van der Waals surface area contributed by atoms with Crippen molar-refractivity contribution in [1.82, 2.24) is 14.5 Å². The summed E-state index contributed by atoms with van der Waals surface area (Å²) in [5, 5.41) is 0. The lowest BCUT2D eigenvalue weighted by Gasteiger charge is -2.10. The van der Waals surface area contributed by atoms with Crippen LogP contribution in [0.2, 0.25) is 0 Å². The summed E-state index contributed by atoms with van der Waals surface area (Å²) in [6.45, 7) is 4.15. The average Bonchev–Trinajstić information content (AvgIpc) is 2.57. The number of aryl methyl sites for hydroxylation is 1. The number of benzene rings is 1. The Morgan fingerprint density at radius 2 is 2.13 bits per heavy atom. The summed E-state index contributed by atoms with van der Waals surface area (Å²) in [5.74, 6) is 0. The van der Waals surface area contributed by atoms with Crippen LogP contribution in [0.1, 0.15) is 5.56 Å². The fourth-order valence-electron chi connectivity index (χ4n) is 1.65. The molecular formula is C12H17N3. The first kappa shape index (κ1) is 10.2. The number of nitrogens with zero attached hydrogens (tertiary/aromatic N) is 3. The molecule has 3 nitrogen and oxygen atoms in total. The van der Waals surface area contributed by atoms with Gasteiger partial charge in [0.25, 0.3) is 0 Å². The summed E-state index contributed by atoms with van der Waals surface area (Å²) in [7, 11) is 4.18. The maximum Gasteiger partial charge on any atom is 0.0958 e. The van der Waals surface area contributed by atoms with E-state index in [9.17, 15) is 0 Å². The van der Waals surface area contributed by atoms with Crippen LogP contribution in [0.15, 0.2) is 24.5 Å². The van der Waals surface area contributed by atoms with Gasteiger partial charge in [-0.25, -0.2) is 4.98 Å². The summed E-state index contributed by atoms with van der Waals surface area (Å²) in [6.07, 6.45) is 1.92. The summed E-state index contributed by atoms with van der Waals surface area (Å²) < 4.78 is 2.21. The molecule has 15 heavy (non-hydrogen) atoms. The summed E-state index contributed by atoms with van der Waals surface area (Å²) >= 11 is 0. The molecule has 3 heteroatoms. The number of fused-ring (bicyclic) bond motifs is 1. The van der Waals surface area contributed by atoms with Gasteiger partial charge in [-0.2, -0.15) is 0 Å². The van der Waals surface area contributed by atoms with Crippen molar-refractivity contribution in [2.45, 2.75) is 13.5 Å². The highest BCUT2D eigenvalue weighted by Gasteiger charge is 2.02. The van der Waals surface area contributed by atoms with Crippen LogP contribution < -0.4 is 0 Å². The summed E-state index contributed by atoms with van der Waals surface area (Å²) in [4.78, 5) is 6.56. The first-order valence-corrected chi connectivity index (χ1v) is 5.23. The summed E-state index contributed by atoms with van der Waals surface area (Å²) in [6, 6.07) is 6.38. The third-order valence-corrected chi connectivity index (χ3v) is 2.56. The standard InChI is InChI=1S/C12H17N3/c1-10-4-5-11-12(8-10)15(9-13-11)7-6-14(2)3/h4-5,8-9H,6-7H2,1-3H3. The van der Waals surface area contributed by atoms with E-state index in [1.807, 2.05) is 6.33 Å². The topological polar surface area (TPSA) is 21.1 Å². The van der Waals surface area contributed by atoms with Gasteiger partial charge in [-0.1, -0.05) is 6.07 Å². The van der Waals surface area contributed by atoms with Gasteiger partial charge in [0.15, 0.2) is 0 Å². The molecule has 80 valence electrons. The van der Waals surface area contributed by atoms with Crippen molar-refractivity contribution in [2.75, 3.05) is 20.6 Å². The van der Waals surface area contributed by atoms with Crippen LogP contribution in [0.25, 0.3) is 11.0 Å². The lowest BCUT2D eigenvalue weighted by molar-refractivity contribution is 0.386. The van der Waals surface area contributed by atoms with Crippen molar-refractivity contribution < 1.29 is 0 Å². The fraction of sp³-hybridized carbons (Fsp3) is 0.417. The van der Waals surface area contributed by atoms with Gasteiger partial charge in [-0.05, 0) is 38.7 Å². The van der Waals surface area contributed by atoms with E-state index in [0.717, 1.165) is 18.6 Å². The molecule has 0 fully saturated rings. The Labute approximate surface area is 90.3 Å². The van der Waals surface area contributed by atoms with E-state index >= 15 is 0 Å². The molecule has 0 bridgehead atoms. The van der Waals surface area contributed by atoms with Crippen molar-refractivity contribution in [1.29, 1.82) is 0 Å². The highest BCUT2D eigenvalue weighted by atomic mass is 15.1. The van der Waals surface area contributed by atoms with Gasteiger partial charge in [0, 0.05) is 13.1 Å². The Kier molecular flexibility index (Phi) is 2.73. The molecule has 1 heterocycles. The lowest BCUT2D eigenvalue weighted by Crippen LogP contribution is -2.17. The fourth-order valence-corrected chi connectivity index (χ4v) is 1.65. The van der Waals surface area contributed by atoms with Crippen molar-refractivity contribution in [3.8, 4) is 0 Å². The minimum Gasteiger partial charge on any atom is -0.329 e. The number of aromatic nitrogens is 2. The Morgan fingerprint density at radius 1 is 1.33 bits per heavy atom. The van der Waals surface area contributed by atoms with E-state index in [2.05, 4.69) is 53.7 Å². The largest absolute Gasteiger partial charge is 0.329 e. The van der Waals surface area contributed by atoms with Gasteiger partial charge < -0.3 is 9.47 Å². The van der Waals surface area contributed by atoms with Crippen LogP contribution in [-0.2, 0) is 6.54 Å². The molecular weight excluding hydrogens is 186 g/mol. The van der Waals surface area contributed by atoms with Gasteiger partial charge in [0.1, 0.15) is 0 Å². The van der Waals surface area contributed by atoms with Crippen molar-refractivity contribution in [3.63, 3.8) is 0 Å². The third-order valence-electron chi connectivity index (χ3n) is 2.56. The maximum atomic E-state index is 4.38. The first-order chi connectivity index (χ1) is 7.16. The number of hydrogen-bond acceptors (Lipinski definition) is 2. The molecule has 1 aromatic heterocycles. The normalized spacial score (nSPS) is 11.5. The van der Waals surface area contributed by atoms with Crippen LogP contribution in [-0.4, -0.2) is 35.1 Å². The SMILES string of the molecule is Cc1ccc2ncn(CCN(C)C)c2c1. The molecule has 0 radical (unpaired) electrons. The smallest absolute Gasteiger partial charge is 0.0958 e. The average molecular weight is 203 g/mol. The predicted octanol–water partition coefficient (Wildman–Crippen LogP) is 1.91. The summed E-state index contributed by atoms with van der Waals surface area (Å²) in [5.41, 5.74) is 3.60. The van der Waals surface area contributed by atoms with Crippen molar-refractivity contribution in [2.24, 2.45) is 0 Å². The molecule has 0 saturated heterocycles. The minimum atomic E-state index is 0.993. The molecule has 0 N–H and O–H groups in total. The highest BCUT2D eigenvalue weighted by Crippen LogP contribution is 2.14. The second-order valence-electron chi connectivity index (χ2n) is 4.23. The quantitative estimate of drug-likeness (QED) is 0.759. The molecule has 2 aromatic rings. The van der Waals surface area contributed by atoms with Crippen molar-refractivity contribution >= 4 is 11.0 Å². The molecule has 0 aliphatic rings. The van der Waals surface area contributed by atoms with E-state index < -0.39 is 0 Å². The molecule has 0 unspecified atom stereocenters. The third kappa shape index (κ3) is 2.18. The highest BCUT2D eigenvalue weighted by molar-refractivity contribution is 5.75. The maximum absolute atomic E-state index is 4.38. The van der Waals surface area contributed by atoms with Crippen LogP contribution in [0.4, 0.5) is 0 Å². The molecule has 1 aromatic carbocycles. The van der Waals surface area contributed by atoms with Gasteiger partial charge in [-0.3, -0.25) is 0 Å². The van der Waals surface area contributed by atoms with Gasteiger partial charge in [0.05, 0.1) is 17.4 Å². The predicted molar refractivity (Wildman–Crippen MR) is 63.0 cm³/mol. The van der Waals surface area contributed by atoms with E-state index in [0.29, 0.717) is 0 Å². The zero-order chi connectivity index (χ0) is 10.8. The van der Waals surface area contributed by atoms with Crippen LogP contribution in [0.5, 0.6) is 0 Å². The van der Waals surface area contributed by atoms with Gasteiger partial charge >= 0.3 is 0 Å². The first-order valence-electron chi connectivity index (χ1n) is 5.23. The van der Waals surface area contributed by atoms with Crippen LogP contribution in [0.3, 0.4) is 0 Å². The monoisotopic (exact) mass is 203 g/mol. The minimum absolute atomic E-state index is 0.993. The zero-order valence-corrected chi connectivity index (χ0v) is 9.57. The number of imidazole rings is 1. The van der Waals surface area contributed by atoms with E-state index in [1.165, 1.54) is 11.1 Å². The van der Waals surface area contributed by atoms with Gasteiger partial charge in [-0.15, -0.1) is 0 Å². The Bertz CT molecular complexity index is 457. The number of rotatable bonds is 3. The Morgan fingerprint density at radius 3 is 2.87 bits per heavy atom.